The predicted octanol–water partition coefficient (Wildman–Crippen LogP) is 2.67. The van der Waals surface area contributed by atoms with Gasteiger partial charge in [-0.3, -0.25) is 0 Å². The van der Waals surface area contributed by atoms with Crippen molar-refractivity contribution >= 4 is 17.6 Å². The standard InChI is InChI=1S/C10H14F3N3OS/c1-3-14-7-6-8(18-5-4-17-2)16-9(15-7)10(11,12)13/h6H,3-5H2,1-2H3,(H,14,15,16). The number of aromatic nitrogens is 2. The number of rotatable bonds is 6. The summed E-state index contributed by atoms with van der Waals surface area (Å²) in [5.74, 6) is -0.406. The molecule has 0 unspecified atom stereocenters. The van der Waals surface area contributed by atoms with E-state index in [2.05, 4.69) is 15.3 Å². The lowest BCUT2D eigenvalue weighted by Gasteiger charge is -2.10. The van der Waals surface area contributed by atoms with E-state index in [0.717, 1.165) is 0 Å². The molecule has 1 aromatic rings. The molecule has 0 spiro atoms. The summed E-state index contributed by atoms with van der Waals surface area (Å²) in [6, 6.07) is 1.50. The minimum absolute atomic E-state index is 0.180. The second-order valence-corrected chi connectivity index (χ2v) is 4.40. The molecular formula is C10H14F3N3OS. The van der Waals surface area contributed by atoms with Crippen LogP contribution in [0.4, 0.5) is 19.0 Å². The maximum Gasteiger partial charge on any atom is 0.451 e. The zero-order valence-electron chi connectivity index (χ0n) is 10.0. The van der Waals surface area contributed by atoms with Crippen molar-refractivity contribution in [2.24, 2.45) is 0 Å². The lowest BCUT2D eigenvalue weighted by Crippen LogP contribution is -2.13. The Kier molecular flexibility index (Phi) is 5.67. The molecule has 0 aliphatic rings. The van der Waals surface area contributed by atoms with Crippen molar-refractivity contribution in [3.63, 3.8) is 0 Å². The van der Waals surface area contributed by atoms with Gasteiger partial charge in [0, 0.05) is 25.5 Å². The van der Waals surface area contributed by atoms with Crippen molar-refractivity contribution in [2.45, 2.75) is 18.1 Å². The maximum absolute atomic E-state index is 12.6. The summed E-state index contributed by atoms with van der Waals surface area (Å²) in [5.41, 5.74) is 0. The van der Waals surface area contributed by atoms with E-state index in [-0.39, 0.29) is 10.8 Å². The first-order valence-corrected chi connectivity index (χ1v) is 6.27. The van der Waals surface area contributed by atoms with Crippen LogP contribution in [0, 0.1) is 0 Å². The van der Waals surface area contributed by atoms with E-state index in [1.807, 2.05) is 0 Å². The molecule has 18 heavy (non-hydrogen) atoms. The average Bonchev–Trinajstić information content (AvgIpc) is 2.28. The third-order valence-electron chi connectivity index (χ3n) is 1.85. The monoisotopic (exact) mass is 281 g/mol. The van der Waals surface area contributed by atoms with Crippen LogP contribution in [0.5, 0.6) is 0 Å². The van der Waals surface area contributed by atoms with Crippen LogP contribution in [0.25, 0.3) is 0 Å². The number of nitrogens with zero attached hydrogens (tertiary/aromatic N) is 2. The van der Waals surface area contributed by atoms with Gasteiger partial charge in [-0.25, -0.2) is 9.97 Å². The van der Waals surface area contributed by atoms with E-state index in [1.54, 1.807) is 6.92 Å². The first kappa shape index (κ1) is 15.0. The van der Waals surface area contributed by atoms with Crippen LogP contribution in [-0.2, 0) is 10.9 Å². The van der Waals surface area contributed by atoms with Gasteiger partial charge in [-0.2, -0.15) is 13.2 Å². The summed E-state index contributed by atoms with van der Waals surface area (Å²) < 4.78 is 42.6. The molecular weight excluding hydrogens is 267 g/mol. The number of alkyl halides is 3. The van der Waals surface area contributed by atoms with Gasteiger partial charge < -0.3 is 10.1 Å². The molecule has 0 saturated heterocycles. The highest BCUT2D eigenvalue weighted by Crippen LogP contribution is 2.29. The Labute approximate surface area is 107 Å². The minimum Gasteiger partial charge on any atom is -0.384 e. The van der Waals surface area contributed by atoms with Crippen molar-refractivity contribution in [1.82, 2.24) is 9.97 Å². The number of thioether (sulfide) groups is 1. The van der Waals surface area contributed by atoms with Crippen molar-refractivity contribution in [2.75, 3.05) is 31.3 Å². The summed E-state index contributed by atoms with van der Waals surface area (Å²) in [6.07, 6.45) is -4.54. The Bertz CT molecular complexity index is 387. The Morgan fingerprint density at radius 1 is 1.39 bits per heavy atom. The van der Waals surface area contributed by atoms with Gasteiger partial charge in [-0.15, -0.1) is 11.8 Å². The highest BCUT2D eigenvalue weighted by Gasteiger charge is 2.35. The fraction of sp³-hybridized carbons (Fsp3) is 0.600. The normalized spacial score (nSPS) is 11.6. The molecule has 0 amide bonds. The second kappa shape index (κ2) is 6.79. The fourth-order valence-electron chi connectivity index (χ4n) is 1.13. The van der Waals surface area contributed by atoms with Gasteiger partial charge in [0.15, 0.2) is 0 Å². The molecule has 1 N–H and O–H groups in total. The molecule has 0 aromatic carbocycles. The van der Waals surface area contributed by atoms with Gasteiger partial charge in [0.2, 0.25) is 5.82 Å². The number of methoxy groups -OCH3 is 1. The highest BCUT2D eigenvalue weighted by molar-refractivity contribution is 7.99. The molecule has 4 nitrogen and oxygen atoms in total. The van der Waals surface area contributed by atoms with Crippen LogP contribution in [0.2, 0.25) is 0 Å². The van der Waals surface area contributed by atoms with Gasteiger partial charge in [-0.1, -0.05) is 0 Å². The Hall–Kier alpha value is -1.02. The van der Waals surface area contributed by atoms with E-state index >= 15 is 0 Å². The number of halogens is 3. The molecule has 0 saturated carbocycles. The van der Waals surface area contributed by atoms with Crippen LogP contribution in [-0.4, -0.2) is 36.0 Å². The summed E-state index contributed by atoms with van der Waals surface area (Å²) in [5, 5.41) is 3.04. The van der Waals surface area contributed by atoms with E-state index in [0.29, 0.717) is 18.9 Å². The molecule has 0 bridgehead atoms. The van der Waals surface area contributed by atoms with Gasteiger partial charge in [0.05, 0.1) is 6.61 Å². The van der Waals surface area contributed by atoms with Crippen LogP contribution in [0.15, 0.2) is 11.1 Å². The molecule has 0 radical (unpaired) electrons. The van der Waals surface area contributed by atoms with Crippen LogP contribution < -0.4 is 5.32 Å². The zero-order chi connectivity index (χ0) is 13.6. The van der Waals surface area contributed by atoms with Gasteiger partial charge >= 0.3 is 6.18 Å². The van der Waals surface area contributed by atoms with E-state index in [1.165, 1.54) is 24.9 Å². The SMILES string of the molecule is CCNc1cc(SCCOC)nc(C(F)(F)F)n1. The third-order valence-corrected chi connectivity index (χ3v) is 2.73. The molecule has 1 aromatic heterocycles. The highest BCUT2D eigenvalue weighted by atomic mass is 32.2. The Morgan fingerprint density at radius 3 is 2.67 bits per heavy atom. The lowest BCUT2D eigenvalue weighted by atomic mass is 10.5. The minimum atomic E-state index is -4.54. The van der Waals surface area contributed by atoms with Crippen LogP contribution >= 0.6 is 11.8 Å². The van der Waals surface area contributed by atoms with E-state index in [9.17, 15) is 13.2 Å². The Balaban J connectivity index is 2.91. The quantitative estimate of drug-likeness (QED) is 0.493. The van der Waals surface area contributed by atoms with Gasteiger partial charge in [0.1, 0.15) is 10.8 Å². The average molecular weight is 281 g/mol. The Morgan fingerprint density at radius 2 is 2.11 bits per heavy atom. The zero-order valence-corrected chi connectivity index (χ0v) is 10.9. The van der Waals surface area contributed by atoms with Gasteiger partial charge in [0.25, 0.3) is 0 Å². The first-order valence-electron chi connectivity index (χ1n) is 5.29. The topological polar surface area (TPSA) is 47.0 Å². The van der Waals surface area contributed by atoms with Crippen molar-refractivity contribution in [3.05, 3.63) is 11.9 Å². The first-order chi connectivity index (χ1) is 8.47. The van der Waals surface area contributed by atoms with Crippen LogP contribution in [0.1, 0.15) is 12.7 Å². The van der Waals surface area contributed by atoms with Crippen molar-refractivity contribution in [1.29, 1.82) is 0 Å². The van der Waals surface area contributed by atoms with E-state index in [4.69, 9.17) is 4.74 Å². The van der Waals surface area contributed by atoms with E-state index < -0.39 is 12.0 Å². The molecule has 0 atom stereocenters. The molecule has 0 aliphatic carbocycles. The summed E-state index contributed by atoms with van der Waals surface area (Å²) >= 11 is 1.20. The smallest absolute Gasteiger partial charge is 0.384 e. The lowest BCUT2D eigenvalue weighted by molar-refractivity contribution is -0.145. The van der Waals surface area contributed by atoms with Gasteiger partial charge in [-0.05, 0) is 6.92 Å². The third kappa shape index (κ3) is 4.69. The largest absolute Gasteiger partial charge is 0.451 e. The fourth-order valence-corrected chi connectivity index (χ4v) is 1.93. The predicted molar refractivity (Wildman–Crippen MR) is 63.8 cm³/mol. The van der Waals surface area contributed by atoms with Crippen molar-refractivity contribution in [3.8, 4) is 0 Å². The number of hydrogen-bond acceptors (Lipinski definition) is 5. The molecule has 102 valence electrons. The van der Waals surface area contributed by atoms with Crippen LogP contribution in [0.3, 0.4) is 0 Å². The number of hydrogen-bond donors (Lipinski definition) is 1. The molecule has 1 rings (SSSR count). The number of nitrogens with one attached hydrogen (secondary N) is 1. The number of anilines is 1. The molecule has 0 fully saturated rings. The number of ether oxygens (including phenoxy) is 1. The maximum atomic E-state index is 12.6. The molecule has 1 heterocycles. The summed E-state index contributed by atoms with van der Waals surface area (Å²) in [7, 11) is 1.53. The molecule has 8 heteroatoms. The summed E-state index contributed by atoms with van der Waals surface area (Å²) in [6.45, 7) is 2.73. The van der Waals surface area contributed by atoms with Crippen molar-refractivity contribution < 1.29 is 17.9 Å². The molecule has 0 aliphatic heterocycles. The summed E-state index contributed by atoms with van der Waals surface area (Å²) in [4.78, 5) is 6.92. The second-order valence-electron chi connectivity index (χ2n) is 3.28.